The number of carbonyl (C=O) groups is 1. The quantitative estimate of drug-likeness (QED) is 0.201. The van der Waals surface area contributed by atoms with Crippen molar-refractivity contribution in [1.29, 1.82) is 0 Å². The van der Waals surface area contributed by atoms with Crippen LogP contribution in [0.3, 0.4) is 0 Å². The van der Waals surface area contributed by atoms with Gasteiger partial charge in [-0.1, -0.05) is 69.3 Å². The first kappa shape index (κ1) is 22.4. The molecule has 0 spiro atoms. The van der Waals surface area contributed by atoms with Gasteiger partial charge in [-0.15, -0.1) is 0 Å². The number of aryl methyl sites for hydroxylation is 1. The maximum absolute atomic E-state index is 12.4. The van der Waals surface area contributed by atoms with Crippen LogP contribution in [0.2, 0.25) is 0 Å². The van der Waals surface area contributed by atoms with Gasteiger partial charge in [0.2, 0.25) is 0 Å². The van der Waals surface area contributed by atoms with E-state index in [9.17, 15) is 4.79 Å². The van der Waals surface area contributed by atoms with E-state index in [0.29, 0.717) is 23.7 Å². The number of hydrogen-bond acceptors (Lipinski definition) is 3. The van der Waals surface area contributed by atoms with E-state index in [2.05, 4.69) is 44.7 Å². The molecule has 0 N–H and O–H groups in total. The van der Waals surface area contributed by atoms with Gasteiger partial charge < -0.3 is 9.47 Å². The standard InChI is InChI=1S/C28H30O3/c1-4-20-30-26-16-18-27(19-17-26)31-28(29)25-14-12-24(13-15-25)23-10-8-22(9-11-23)7-6-21(3)5-2/h4,8-19,21H,1,5-7,20H2,2-3H3/t21-/m0/s1. The van der Waals surface area contributed by atoms with E-state index in [4.69, 9.17) is 9.47 Å². The van der Waals surface area contributed by atoms with Crippen LogP contribution in [0.1, 0.15) is 42.6 Å². The van der Waals surface area contributed by atoms with Crippen molar-refractivity contribution in [2.24, 2.45) is 5.92 Å². The first-order valence-corrected chi connectivity index (χ1v) is 10.8. The average molecular weight is 415 g/mol. The van der Waals surface area contributed by atoms with Crippen molar-refractivity contribution in [3.63, 3.8) is 0 Å². The maximum atomic E-state index is 12.4. The molecular formula is C28H30O3. The number of benzene rings is 3. The zero-order valence-electron chi connectivity index (χ0n) is 18.3. The summed E-state index contributed by atoms with van der Waals surface area (Å²) >= 11 is 0. The normalized spacial score (nSPS) is 11.5. The lowest BCUT2D eigenvalue weighted by Crippen LogP contribution is -2.08. The molecule has 0 amide bonds. The van der Waals surface area contributed by atoms with Crippen molar-refractivity contribution < 1.29 is 14.3 Å². The molecule has 0 heterocycles. The smallest absolute Gasteiger partial charge is 0.343 e. The third-order valence-electron chi connectivity index (χ3n) is 5.43. The van der Waals surface area contributed by atoms with Crippen molar-refractivity contribution in [1.82, 2.24) is 0 Å². The Labute approximate surface area is 185 Å². The van der Waals surface area contributed by atoms with Crippen LogP contribution in [0.5, 0.6) is 11.5 Å². The lowest BCUT2D eigenvalue weighted by Gasteiger charge is -2.09. The van der Waals surface area contributed by atoms with Crippen molar-refractivity contribution in [3.8, 4) is 22.6 Å². The molecule has 3 nitrogen and oxygen atoms in total. The Bertz CT molecular complexity index is 970. The van der Waals surface area contributed by atoms with Gasteiger partial charge >= 0.3 is 5.97 Å². The van der Waals surface area contributed by atoms with E-state index in [1.54, 1.807) is 42.5 Å². The minimum atomic E-state index is -0.383. The highest BCUT2D eigenvalue weighted by Crippen LogP contribution is 2.23. The zero-order valence-corrected chi connectivity index (χ0v) is 18.3. The van der Waals surface area contributed by atoms with Gasteiger partial charge in [0.15, 0.2) is 0 Å². The van der Waals surface area contributed by atoms with Gasteiger partial charge in [0.1, 0.15) is 18.1 Å². The summed E-state index contributed by atoms with van der Waals surface area (Å²) in [6, 6.07) is 23.2. The largest absolute Gasteiger partial charge is 0.490 e. The van der Waals surface area contributed by atoms with Crippen molar-refractivity contribution in [3.05, 3.63) is 96.6 Å². The summed E-state index contributed by atoms with van der Waals surface area (Å²) < 4.78 is 10.9. The summed E-state index contributed by atoms with van der Waals surface area (Å²) in [7, 11) is 0. The molecule has 3 aromatic rings. The van der Waals surface area contributed by atoms with Crippen molar-refractivity contribution in [2.45, 2.75) is 33.1 Å². The van der Waals surface area contributed by atoms with Crippen LogP contribution in [0, 0.1) is 5.92 Å². The van der Waals surface area contributed by atoms with Crippen LogP contribution in [0.4, 0.5) is 0 Å². The summed E-state index contributed by atoms with van der Waals surface area (Å²) in [6.07, 6.45) is 5.24. The fourth-order valence-corrected chi connectivity index (χ4v) is 3.20. The van der Waals surface area contributed by atoms with Gasteiger partial charge in [-0.2, -0.15) is 0 Å². The maximum Gasteiger partial charge on any atom is 0.343 e. The molecule has 0 bridgehead atoms. The number of ether oxygens (including phenoxy) is 2. The molecule has 160 valence electrons. The van der Waals surface area contributed by atoms with Gasteiger partial charge in [0.25, 0.3) is 0 Å². The monoisotopic (exact) mass is 414 g/mol. The Balaban J connectivity index is 1.59. The van der Waals surface area contributed by atoms with E-state index >= 15 is 0 Å². The second-order valence-corrected chi connectivity index (χ2v) is 7.79. The van der Waals surface area contributed by atoms with E-state index in [1.165, 1.54) is 18.4 Å². The Kier molecular flexibility index (Phi) is 8.05. The van der Waals surface area contributed by atoms with Crippen LogP contribution >= 0.6 is 0 Å². The summed E-state index contributed by atoms with van der Waals surface area (Å²) in [5.41, 5.74) is 4.10. The Morgan fingerprint density at radius 3 is 2.06 bits per heavy atom. The minimum absolute atomic E-state index is 0.383. The average Bonchev–Trinajstić information content (AvgIpc) is 2.82. The topological polar surface area (TPSA) is 35.5 Å². The van der Waals surface area contributed by atoms with Gasteiger partial charge in [0, 0.05) is 0 Å². The highest BCUT2D eigenvalue weighted by Gasteiger charge is 2.09. The van der Waals surface area contributed by atoms with Gasteiger partial charge in [-0.05, 0) is 71.8 Å². The number of esters is 1. The summed E-state index contributed by atoms with van der Waals surface area (Å²) in [5.74, 6) is 1.56. The highest BCUT2D eigenvalue weighted by molar-refractivity contribution is 5.91. The van der Waals surface area contributed by atoms with E-state index in [0.717, 1.165) is 23.5 Å². The van der Waals surface area contributed by atoms with Gasteiger partial charge in [-0.25, -0.2) is 4.79 Å². The summed E-state index contributed by atoms with van der Waals surface area (Å²) in [4.78, 5) is 12.4. The zero-order chi connectivity index (χ0) is 22.1. The van der Waals surface area contributed by atoms with Gasteiger partial charge in [0.05, 0.1) is 5.56 Å². The molecule has 0 saturated carbocycles. The molecule has 31 heavy (non-hydrogen) atoms. The first-order chi connectivity index (χ1) is 15.1. The summed E-state index contributed by atoms with van der Waals surface area (Å²) in [6.45, 7) is 8.59. The highest BCUT2D eigenvalue weighted by atomic mass is 16.5. The Hall–Kier alpha value is -3.33. The molecule has 3 heteroatoms. The number of carbonyl (C=O) groups excluding carboxylic acids is 1. The minimum Gasteiger partial charge on any atom is -0.490 e. The van der Waals surface area contributed by atoms with E-state index < -0.39 is 0 Å². The fourth-order valence-electron chi connectivity index (χ4n) is 3.20. The lowest BCUT2D eigenvalue weighted by atomic mass is 9.97. The molecule has 0 aliphatic carbocycles. The van der Waals surface area contributed by atoms with Crippen LogP contribution < -0.4 is 9.47 Å². The molecular weight excluding hydrogens is 384 g/mol. The number of rotatable bonds is 10. The third-order valence-corrected chi connectivity index (χ3v) is 5.43. The molecule has 0 aliphatic rings. The van der Waals surface area contributed by atoms with Crippen LogP contribution in [-0.2, 0) is 6.42 Å². The van der Waals surface area contributed by atoms with Crippen molar-refractivity contribution in [2.75, 3.05) is 6.61 Å². The predicted octanol–water partition coefficient (Wildman–Crippen LogP) is 7.12. The third kappa shape index (κ3) is 6.58. The number of hydrogen-bond donors (Lipinski definition) is 0. The molecule has 0 aliphatic heterocycles. The molecule has 3 aromatic carbocycles. The molecule has 0 unspecified atom stereocenters. The molecule has 0 saturated heterocycles. The molecule has 3 rings (SSSR count). The van der Waals surface area contributed by atoms with Gasteiger partial charge in [-0.3, -0.25) is 0 Å². The Morgan fingerprint density at radius 2 is 1.48 bits per heavy atom. The SMILES string of the molecule is C=CCOc1ccc(OC(=O)c2ccc(-c3ccc(CC[C@@H](C)CC)cc3)cc2)cc1. The second kappa shape index (κ2) is 11.2. The fraction of sp³-hybridized carbons (Fsp3) is 0.250. The van der Waals surface area contributed by atoms with E-state index in [1.807, 2.05) is 12.1 Å². The second-order valence-electron chi connectivity index (χ2n) is 7.79. The molecule has 0 fully saturated rings. The first-order valence-electron chi connectivity index (χ1n) is 10.8. The molecule has 1 atom stereocenters. The van der Waals surface area contributed by atoms with Crippen LogP contribution in [0.25, 0.3) is 11.1 Å². The van der Waals surface area contributed by atoms with Crippen LogP contribution in [0.15, 0.2) is 85.5 Å². The predicted molar refractivity (Wildman–Crippen MR) is 127 cm³/mol. The molecule has 0 aromatic heterocycles. The van der Waals surface area contributed by atoms with Crippen LogP contribution in [-0.4, -0.2) is 12.6 Å². The molecule has 0 radical (unpaired) electrons. The van der Waals surface area contributed by atoms with Crippen molar-refractivity contribution >= 4 is 5.97 Å². The van der Waals surface area contributed by atoms with E-state index in [-0.39, 0.29) is 5.97 Å². The Morgan fingerprint density at radius 1 is 0.903 bits per heavy atom. The lowest BCUT2D eigenvalue weighted by molar-refractivity contribution is 0.0734. The summed E-state index contributed by atoms with van der Waals surface area (Å²) in [5, 5.41) is 0.